The Morgan fingerprint density at radius 2 is 1.00 bits per heavy atom. The average molecular weight is 208 g/mol. The van der Waals surface area contributed by atoms with Crippen molar-refractivity contribution in [3.63, 3.8) is 0 Å². The molecule has 0 amide bonds. The zero-order valence-corrected chi connectivity index (χ0v) is 8.94. The molecule has 4 aliphatic rings. The molecular weight excluding hydrogens is 196 g/mol. The summed E-state index contributed by atoms with van der Waals surface area (Å²) in [7, 11) is 0. The molecule has 4 bridgehead atoms. The Bertz CT molecular complexity index is 471. The van der Waals surface area contributed by atoms with Crippen LogP contribution < -0.4 is 0 Å². The summed E-state index contributed by atoms with van der Waals surface area (Å²) in [6.07, 6.45) is 2.07. The van der Waals surface area contributed by atoms with Crippen LogP contribution in [-0.4, -0.2) is 5.78 Å². The highest BCUT2D eigenvalue weighted by Gasteiger charge is 2.10. The second-order valence-corrected chi connectivity index (χ2v) is 4.22. The molecule has 0 spiro atoms. The van der Waals surface area contributed by atoms with Gasteiger partial charge in [-0.25, -0.2) is 0 Å². The summed E-state index contributed by atoms with van der Waals surface area (Å²) < 4.78 is 0. The second kappa shape index (κ2) is 3.60. The van der Waals surface area contributed by atoms with Crippen LogP contribution in [-0.2, 0) is 12.8 Å². The predicted molar refractivity (Wildman–Crippen MR) is 63.7 cm³/mol. The molecular formula is C15H12O. The lowest BCUT2D eigenvalue weighted by molar-refractivity contribution is 0.103. The summed E-state index contributed by atoms with van der Waals surface area (Å²) in [6, 6.07) is 15.9. The highest BCUT2D eigenvalue weighted by atomic mass is 16.1. The third kappa shape index (κ3) is 1.54. The summed E-state index contributed by atoms with van der Waals surface area (Å²) in [5.74, 6) is 0.111. The number of benzene rings is 2. The molecule has 1 nitrogen and oxygen atoms in total. The molecule has 1 heteroatoms. The molecule has 0 saturated carbocycles. The van der Waals surface area contributed by atoms with Gasteiger partial charge < -0.3 is 0 Å². The maximum atomic E-state index is 12.1. The van der Waals surface area contributed by atoms with E-state index < -0.39 is 0 Å². The molecule has 0 heterocycles. The summed E-state index contributed by atoms with van der Waals surface area (Å²) in [5.41, 5.74) is 4.14. The molecule has 0 aliphatic heterocycles. The first-order valence-corrected chi connectivity index (χ1v) is 5.55. The molecule has 16 heavy (non-hydrogen) atoms. The van der Waals surface area contributed by atoms with Crippen LogP contribution in [0.25, 0.3) is 0 Å². The van der Waals surface area contributed by atoms with Gasteiger partial charge in [-0.3, -0.25) is 4.79 Å². The Kier molecular flexibility index (Phi) is 2.10. The van der Waals surface area contributed by atoms with Crippen LogP contribution in [0.5, 0.6) is 0 Å². The molecule has 0 radical (unpaired) electrons. The zero-order chi connectivity index (χ0) is 11.0. The molecule has 0 N–H and O–H groups in total. The second-order valence-electron chi connectivity index (χ2n) is 4.22. The summed E-state index contributed by atoms with van der Waals surface area (Å²) in [6.45, 7) is 0. The lowest BCUT2D eigenvalue weighted by Crippen LogP contribution is -2.00. The molecule has 0 fully saturated rings. The van der Waals surface area contributed by atoms with Crippen LogP contribution in [0.3, 0.4) is 0 Å². The molecule has 0 unspecified atom stereocenters. The summed E-state index contributed by atoms with van der Waals surface area (Å²) in [4.78, 5) is 12.1. The van der Waals surface area contributed by atoms with Gasteiger partial charge in [-0.1, -0.05) is 48.5 Å². The Morgan fingerprint density at radius 1 is 0.625 bits per heavy atom. The highest BCUT2D eigenvalue weighted by molar-refractivity contribution is 6.09. The Labute approximate surface area is 94.7 Å². The maximum absolute atomic E-state index is 12.1. The number of ketones is 1. The van der Waals surface area contributed by atoms with Crippen LogP contribution in [0.4, 0.5) is 0 Å². The topological polar surface area (TPSA) is 17.1 Å². The fourth-order valence-corrected chi connectivity index (χ4v) is 2.10. The largest absolute Gasteiger partial charge is 0.289 e. The monoisotopic (exact) mass is 208 g/mol. The van der Waals surface area contributed by atoms with Crippen molar-refractivity contribution in [3.05, 3.63) is 70.8 Å². The molecule has 0 atom stereocenters. The fourth-order valence-electron chi connectivity index (χ4n) is 2.10. The van der Waals surface area contributed by atoms with Gasteiger partial charge in [0.15, 0.2) is 5.78 Å². The maximum Gasteiger partial charge on any atom is 0.193 e. The minimum absolute atomic E-state index is 0.111. The van der Waals surface area contributed by atoms with E-state index >= 15 is 0 Å². The van der Waals surface area contributed by atoms with Gasteiger partial charge in [0.05, 0.1) is 0 Å². The third-order valence-electron chi connectivity index (χ3n) is 3.13. The number of hydrogen-bond donors (Lipinski definition) is 0. The zero-order valence-electron chi connectivity index (χ0n) is 8.94. The van der Waals surface area contributed by atoms with Crippen molar-refractivity contribution in [2.45, 2.75) is 12.8 Å². The van der Waals surface area contributed by atoms with Gasteiger partial charge in [0, 0.05) is 11.1 Å². The molecule has 0 aromatic heterocycles. The fraction of sp³-hybridized carbons (Fsp3) is 0.133. The highest BCUT2D eigenvalue weighted by Crippen LogP contribution is 2.16. The van der Waals surface area contributed by atoms with E-state index in [2.05, 4.69) is 24.3 Å². The number of rotatable bonds is 0. The van der Waals surface area contributed by atoms with Crippen LogP contribution >= 0.6 is 0 Å². The minimum Gasteiger partial charge on any atom is -0.289 e. The van der Waals surface area contributed by atoms with E-state index in [4.69, 9.17) is 0 Å². The van der Waals surface area contributed by atoms with E-state index in [-0.39, 0.29) is 5.78 Å². The summed E-state index contributed by atoms with van der Waals surface area (Å²) >= 11 is 0. The smallest absolute Gasteiger partial charge is 0.193 e. The van der Waals surface area contributed by atoms with Gasteiger partial charge in [0.2, 0.25) is 0 Å². The minimum atomic E-state index is 0.111. The van der Waals surface area contributed by atoms with E-state index in [0.717, 1.165) is 24.0 Å². The number of aryl methyl sites for hydroxylation is 2. The Hall–Kier alpha value is -1.89. The number of hydrogen-bond acceptors (Lipinski definition) is 1. The van der Waals surface area contributed by atoms with Crippen LogP contribution in [0.15, 0.2) is 48.5 Å². The first-order chi connectivity index (χ1) is 7.83. The lowest BCUT2D eigenvalue weighted by atomic mass is 10.0. The Morgan fingerprint density at radius 3 is 1.38 bits per heavy atom. The molecule has 2 aromatic carbocycles. The van der Waals surface area contributed by atoms with Crippen molar-refractivity contribution >= 4 is 5.78 Å². The van der Waals surface area contributed by atoms with Crippen LogP contribution in [0.1, 0.15) is 27.0 Å². The first-order valence-electron chi connectivity index (χ1n) is 5.55. The molecule has 0 saturated heterocycles. The SMILES string of the molecule is O=C1c2ccc(cc2)CCc2ccc1cc2. The van der Waals surface area contributed by atoms with E-state index in [0.29, 0.717) is 0 Å². The predicted octanol–water partition coefficient (Wildman–Crippen LogP) is 3.02. The lowest BCUT2D eigenvalue weighted by Gasteiger charge is -2.00. The average Bonchev–Trinajstić information content (AvgIpc) is 2.43. The van der Waals surface area contributed by atoms with Gasteiger partial charge >= 0.3 is 0 Å². The van der Waals surface area contributed by atoms with E-state index in [9.17, 15) is 4.79 Å². The van der Waals surface area contributed by atoms with E-state index in [1.165, 1.54) is 11.1 Å². The normalized spacial score (nSPS) is 13.9. The van der Waals surface area contributed by atoms with Gasteiger partial charge in [0.1, 0.15) is 0 Å². The number of carbonyl (C=O) groups is 1. The molecule has 78 valence electrons. The van der Waals surface area contributed by atoms with E-state index in [1.54, 1.807) is 0 Å². The van der Waals surface area contributed by atoms with Crippen molar-refractivity contribution < 1.29 is 4.79 Å². The van der Waals surface area contributed by atoms with Crippen molar-refractivity contribution in [2.24, 2.45) is 0 Å². The van der Waals surface area contributed by atoms with Crippen LogP contribution in [0.2, 0.25) is 0 Å². The van der Waals surface area contributed by atoms with Crippen LogP contribution in [0, 0.1) is 0 Å². The third-order valence-corrected chi connectivity index (χ3v) is 3.13. The molecule has 6 rings (SSSR count). The quantitative estimate of drug-likeness (QED) is 0.650. The van der Waals surface area contributed by atoms with Crippen molar-refractivity contribution in [1.82, 2.24) is 0 Å². The van der Waals surface area contributed by atoms with Gasteiger partial charge in [0.25, 0.3) is 0 Å². The molecule has 2 aromatic rings. The van der Waals surface area contributed by atoms with Crippen molar-refractivity contribution in [1.29, 1.82) is 0 Å². The summed E-state index contributed by atoms with van der Waals surface area (Å²) in [5, 5.41) is 0. The van der Waals surface area contributed by atoms with E-state index in [1.807, 2.05) is 24.3 Å². The molecule has 4 aliphatic carbocycles. The Balaban J connectivity index is 2.19. The first kappa shape index (κ1) is 9.34. The number of carbonyl (C=O) groups excluding carboxylic acids is 1. The van der Waals surface area contributed by atoms with Crippen molar-refractivity contribution in [3.8, 4) is 0 Å². The van der Waals surface area contributed by atoms with Crippen molar-refractivity contribution in [2.75, 3.05) is 0 Å². The standard InChI is InChI=1S/C15H12O/c16-15-13-7-3-11(4-8-13)1-2-12-5-9-14(15)10-6-12/h3-10H,1-2H2. The van der Waals surface area contributed by atoms with Gasteiger partial charge in [-0.2, -0.15) is 0 Å². The van der Waals surface area contributed by atoms with Gasteiger partial charge in [-0.15, -0.1) is 0 Å². The van der Waals surface area contributed by atoms with Gasteiger partial charge in [-0.05, 0) is 24.0 Å².